The van der Waals surface area contributed by atoms with Gasteiger partial charge in [-0.05, 0) is 26.0 Å². The smallest absolute Gasteiger partial charge is 0.244 e. The Balaban J connectivity index is 1.76. The normalized spacial score (nSPS) is 11.6. The molecule has 2 aromatic heterocycles. The van der Waals surface area contributed by atoms with Crippen molar-refractivity contribution in [1.29, 1.82) is 0 Å². The summed E-state index contributed by atoms with van der Waals surface area (Å²) < 4.78 is 37.5. The average molecular weight is 363 g/mol. The Hall–Kier alpha value is -2.72. The number of rotatable bonds is 6. The van der Waals surface area contributed by atoms with Crippen molar-refractivity contribution in [2.75, 3.05) is 7.11 Å². The van der Waals surface area contributed by atoms with Gasteiger partial charge in [-0.2, -0.15) is 10.1 Å². The van der Waals surface area contributed by atoms with Gasteiger partial charge in [0.05, 0.1) is 25.0 Å². The minimum atomic E-state index is -3.73. The Labute approximate surface area is 144 Å². The molecule has 0 unspecified atom stereocenters. The van der Waals surface area contributed by atoms with Crippen molar-refractivity contribution in [3.63, 3.8) is 0 Å². The summed E-state index contributed by atoms with van der Waals surface area (Å²) in [5, 5.41) is 10.4. The van der Waals surface area contributed by atoms with E-state index in [1.165, 1.54) is 0 Å². The fourth-order valence-electron chi connectivity index (χ4n) is 2.37. The maximum atomic E-state index is 12.4. The number of hydrogen-bond donors (Lipinski definition) is 2. The van der Waals surface area contributed by atoms with Crippen LogP contribution in [-0.4, -0.2) is 35.9 Å². The molecule has 0 saturated carbocycles. The van der Waals surface area contributed by atoms with E-state index in [9.17, 15) is 8.42 Å². The first-order chi connectivity index (χ1) is 11.9. The summed E-state index contributed by atoms with van der Waals surface area (Å²) in [5.41, 5.74) is 1.57. The maximum absolute atomic E-state index is 12.4. The molecule has 0 amide bonds. The first-order valence-corrected chi connectivity index (χ1v) is 8.87. The highest BCUT2D eigenvalue weighted by atomic mass is 32.2. The highest BCUT2D eigenvalue weighted by Crippen LogP contribution is 2.21. The quantitative estimate of drug-likeness (QED) is 0.681. The predicted molar refractivity (Wildman–Crippen MR) is 88.4 cm³/mol. The third-order valence-corrected chi connectivity index (χ3v) is 5.20. The van der Waals surface area contributed by atoms with Crippen molar-refractivity contribution >= 4 is 10.0 Å². The van der Waals surface area contributed by atoms with Crippen molar-refractivity contribution in [1.82, 2.24) is 25.1 Å². The van der Waals surface area contributed by atoms with Gasteiger partial charge in [0.25, 0.3) is 0 Å². The van der Waals surface area contributed by atoms with Crippen LogP contribution in [0.5, 0.6) is 5.75 Å². The summed E-state index contributed by atoms with van der Waals surface area (Å²) in [7, 11) is -2.17. The molecule has 0 aliphatic heterocycles. The summed E-state index contributed by atoms with van der Waals surface area (Å²) in [6.45, 7) is 3.14. The third kappa shape index (κ3) is 3.54. The van der Waals surface area contributed by atoms with E-state index in [1.807, 2.05) is 0 Å². The maximum Gasteiger partial charge on any atom is 0.244 e. The first kappa shape index (κ1) is 17.1. The van der Waals surface area contributed by atoms with Crippen molar-refractivity contribution in [2.24, 2.45) is 0 Å². The zero-order valence-corrected chi connectivity index (χ0v) is 14.7. The summed E-state index contributed by atoms with van der Waals surface area (Å²) in [4.78, 5) is 4.33. The van der Waals surface area contributed by atoms with Crippen LogP contribution in [0.25, 0.3) is 11.4 Å². The van der Waals surface area contributed by atoms with Gasteiger partial charge in [-0.1, -0.05) is 17.3 Å². The molecular formula is C15H17N5O4S. The number of H-pyrrole nitrogens is 1. The average Bonchev–Trinajstić information content (AvgIpc) is 3.20. The molecule has 0 fully saturated rings. The van der Waals surface area contributed by atoms with Crippen LogP contribution in [0.4, 0.5) is 0 Å². The van der Waals surface area contributed by atoms with E-state index in [0.29, 0.717) is 28.5 Å². The highest BCUT2D eigenvalue weighted by molar-refractivity contribution is 7.89. The summed E-state index contributed by atoms with van der Waals surface area (Å²) in [6, 6.07) is 7.17. The number of hydrogen-bond acceptors (Lipinski definition) is 7. The van der Waals surface area contributed by atoms with E-state index in [-0.39, 0.29) is 17.3 Å². The molecule has 10 heteroatoms. The van der Waals surface area contributed by atoms with E-state index in [4.69, 9.17) is 9.26 Å². The summed E-state index contributed by atoms with van der Waals surface area (Å²) in [5.74, 6) is 1.17. The molecule has 0 atom stereocenters. The first-order valence-electron chi connectivity index (χ1n) is 7.39. The number of sulfonamides is 1. The SMILES string of the molecule is COc1cccc(-c2noc(CNS(=O)(=O)c3c(C)n[nH]c3C)n2)c1. The second-order valence-electron chi connectivity index (χ2n) is 5.33. The van der Waals surface area contributed by atoms with Gasteiger partial charge in [-0.25, -0.2) is 13.1 Å². The van der Waals surface area contributed by atoms with Crippen LogP contribution in [-0.2, 0) is 16.6 Å². The van der Waals surface area contributed by atoms with E-state index < -0.39 is 10.0 Å². The molecule has 25 heavy (non-hydrogen) atoms. The van der Waals surface area contributed by atoms with Gasteiger partial charge < -0.3 is 9.26 Å². The Morgan fingerprint density at radius 2 is 2.12 bits per heavy atom. The fourth-order valence-corrected chi connectivity index (χ4v) is 3.71. The van der Waals surface area contributed by atoms with Gasteiger partial charge in [-0.3, -0.25) is 5.10 Å². The lowest BCUT2D eigenvalue weighted by molar-refractivity contribution is 0.376. The monoisotopic (exact) mass is 363 g/mol. The highest BCUT2D eigenvalue weighted by Gasteiger charge is 2.23. The van der Waals surface area contributed by atoms with Crippen molar-refractivity contribution in [2.45, 2.75) is 25.3 Å². The third-order valence-electron chi connectivity index (χ3n) is 3.54. The minimum Gasteiger partial charge on any atom is -0.497 e. The second-order valence-corrected chi connectivity index (χ2v) is 7.04. The van der Waals surface area contributed by atoms with Crippen molar-refractivity contribution in [3.8, 4) is 17.1 Å². The number of aryl methyl sites for hydroxylation is 2. The Morgan fingerprint density at radius 3 is 2.80 bits per heavy atom. The molecule has 9 nitrogen and oxygen atoms in total. The molecule has 2 N–H and O–H groups in total. The topological polar surface area (TPSA) is 123 Å². The number of aromatic nitrogens is 4. The van der Waals surface area contributed by atoms with Gasteiger partial charge in [0.15, 0.2) is 0 Å². The Morgan fingerprint density at radius 1 is 1.32 bits per heavy atom. The molecule has 0 spiro atoms. The van der Waals surface area contributed by atoms with E-state index in [0.717, 1.165) is 0 Å². The van der Waals surface area contributed by atoms with Gasteiger partial charge >= 0.3 is 0 Å². The summed E-state index contributed by atoms with van der Waals surface area (Å²) in [6.07, 6.45) is 0. The van der Waals surface area contributed by atoms with Gasteiger partial charge in [0.2, 0.25) is 21.7 Å². The zero-order chi connectivity index (χ0) is 18.0. The van der Waals surface area contributed by atoms with E-state index >= 15 is 0 Å². The lowest BCUT2D eigenvalue weighted by Gasteiger charge is -2.04. The van der Waals surface area contributed by atoms with Crippen LogP contribution >= 0.6 is 0 Å². The molecular weight excluding hydrogens is 346 g/mol. The standard InChI is InChI=1S/C15H17N5O4S/c1-9-14(10(2)19-18-9)25(21,22)16-8-13-17-15(20-24-13)11-5-4-6-12(7-11)23-3/h4-7,16H,8H2,1-3H3,(H,18,19). The molecule has 2 heterocycles. The zero-order valence-electron chi connectivity index (χ0n) is 13.9. The minimum absolute atomic E-state index is 0.122. The van der Waals surface area contributed by atoms with Crippen LogP contribution < -0.4 is 9.46 Å². The van der Waals surface area contributed by atoms with Crippen molar-refractivity contribution < 1.29 is 17.7 Å². The van der Waals surface area contributed by atoms with Crippen LogP contribution in [0.1, 0.15) is 17.3 Å². The predicted octanol–water partition coefficient (Wildman–Crippen LogP) is 1.56. The van der Waals surface area contributed by atoms with Gasteiger partial charge in [-0.15, -0.1) is 0 Å². The second kappa shape index (κ2) is 6.65. The number of benzene rings is 1. The molecule has 0 aliphatic carbocycles. The molecule has 132 valence electrons. The van der Waals surface area contributed by atoms with Crippen LogP contribution in [0, 0.1) is 13.8 Å². The van der Waals surface area contributed by atoms with Gasteiger partial charge in [0.1, 0.15) is 10.6 Å². The number of nitrogens with zero attached hydrogens (tertiary/aromatic N) is 3. The van der Waals surface area contributed by atoms with Crippen LogP contribution in [0.2, 0.25) is 0 Å². The van der Waals surface area contributed by atoms with Crippen molar-refractivity contribution in [3.05, 3.63) is 41.5 Å². The lowest BCUT2D eigenvalue weighted by Crippen LogP contribution is -2.24. The van der Waals surface area contributed by atoms with Crippen LogP contribution in [0.15, 0.2) is 33.7 Å². The number of ether oxygens (including phenoxy) is 1. The molecule has 1 aromatic carbocycles. The summed E-state index contributed by atoms with van der Waals surface area (Å²) >= 11 is 0. The largest absolute Gasteiger partial charge is 0.497 e. The van der Waals surface area contributed by atoms with E-state index in [2.05, 4.69) is 25.1 Å². The Bertz CT molecular complexity index is 974. The molecule has 3 rings (SSSR count). The Kier molecular flexibility index (Phi) is 4.55. The molecule has 0 aliphatic rings. The molecule has 0 bridgehead atoms. The number of aromatic amines is 1. The lowest BCUT2D eigenvalue weighted by atomic mass is 10.2. The van der Waals surface area contributed by atoms with Crippen LogP contribution in [0.3, 0.4) is 0 Å². The molecule has 0 radical (unpaired) electrons. The number of nitrogens with one attached hydrogen (secondary N) is 2. The molecule has 0 saturated heterocycles. The van der Waals surface area contributed by atoms with E-state index in [1.54, 1.807) is 45.2 Å². The molecule has 3 aromatic rings. The fraction of sp³-hybridized carbons (Fsp3) is 0.267. The van der Waals surface area contributed by atoms with Gasteiger partial charge in [0, 0.05) is 5.56 Å². The number of methoxy groups -OCH3 is 1.